The minimum atomic E-state index is 0.724. The summed E-state index contributed by atoms with van der Waals surface area (Å²) < 4.78 is 0. The maximum absolute atomic E-state index is 5.65. The van der Waals surface area contributed by atoms with Gasteiger partial charge in [0.25, 0.3) is 0 Å². The van der Waals surface area contributed by atoms with E-state index >= 15 is 0 Å². The lowest BCUT2D eigenvalue weighted by Gasteiger charge is -2.29. The Morgan fingerprint density at radius 3 is 2.75 bits per heavy atom. The van der Waals surface area contributed by atoms with Gasteiger partial charge < -0.3 is 5.73 Å². The molecule has 1 saturated heterocycles. The number of rotatable bonds is 3. The number of thioether (sulfide) groups is 1. The predicted molar refractivity (Wildman–Crippen MR) is 55.4 cm³/mol. The Hall–Kier alpha value is 0.310. The molecule has 0 amide bonds. The van der Waals surface area contributed by atoms with Crippen LogP contribution >= 0.6 is 11.8 Å². The van der Waals surface area contributed by atoms with Crippen LogP contribution in [-0.2, 0) is 0 Å². The summed E-state index contributed by atoms with van der Waals surface area (Å²) in [6.45, 7) is 0.904. The summed E-state index contributed by atoms with van der Waals surface area (Å²) in [5.41, 5.74) is 6.38. The SMILES string of the molecule is NCCC1(C2CCCSC2)CC1. The fourth-order valence-corrected chi connectivity index (χ4v) is 3.88. The van der Waals surface area contributed by atoms with Crippen LogP contribution in [0.4, 0.5) is 0 Å². The molecule has 2 aliphatic rings. The third-order valence-electron chi connectivity index (χ3n) is 3.56. The second-order valence-electron chi connectivity index (χ2n) is 4.32. The molecule has 0 radical (unpaired) electrons. The van der Waals surface area contributed by atoms with Crippen molar-refractivity contribution in [3.8, 4) is 0 Å². The van der Waals surface area contributed by atoms with Gasteiger partial charge in [-0.25, -0.2) is 0 Å². The van der Waals surface area contributed by atoms with E-state index in [4.69, 9.17) is 5.73 Å². The van der Waals surface area contributed by atoms with Crippen molar-refractivity contribution >= 4 is 11.8 Å². The zero-order valence-corrected chi connectivity index (χ0v) is 8.54. The van der Waals surface area contributed by atoms with Crippen molar-refractivity contribution in [2.75, 3.05) is 18.1 Å². The molecule has 1 aliphatic heterocycles. The molecule has 12 heavy (non-hydrogen) atoms. The molecule has 2 heteroatoms. The Kier molecular flexibility index (Phi) is 2.66. The minimum absolute atomic E-state index is 0.724. The monoisotopic (exact) mass is 185 g/mol. The van der Waals surface area contributed by atoms with E-state index in [0.29, 0.717) is 0 Å². The minimum Gasteiger partial charge on any atom is -0.330 e. The van der Waals surface area contributed by atoms with Gasteiger partial charge in [0.2, 0.25) is 0 Å². The largest absolute Gasteiger partial charge is 0.330 e. The molecule has 2 N–H and O–H groups in total. The van der Waals surface area contributed by atoms with Gasteiger partial charge in [-0.2, -0.15) is 11.8 Å². The summed E-state index contributed by atoms with van der Waals surface area (Å²) in [4.78, 5) is 0. The zero-order chi connectivity index (χ0) is 8.44. The highest BCUT2D eigenvalue weighted by Crippen LogP contribution is 2.57. The lowest BCUT2D eigenvalue weighted by atomic mass is 9.84. The maximum Gasteiger partial charge on any atom is -0.00338 e. The normalized spacial score (nSPS) is 33.2. The second-order valence-corrected chi connectivity index (χ2v) is 5.46. The van der Waals surface area contributed by atoms with Gasteiger partial charge in [-0.15, -0.1) is 0 Å². The predicted octanol–water partition coefficient (Wildman–Crippen LogP) is 2.26. The molecule has 1 nitrogen and oxygen atoms in total. The van der Waals surface area contributed by atoms with E-state index in [2.05, 4.69) is 11.8 Å². The van der Waals surface area contributed by atoms with Crippen LogP contribution in [0, 0.1) is 11.3 Å². The van der Waals surface area contributed by atoms with Crippen molar-refractivity contribution in [1.29, 1.82) is 0 Å². The molecule has 0 spiro atoms. The molecule has 0 aromatic carbocycles. The van der Waals surface area contributed by atoms with Gasteiger partial charge in [-0.1, -0.05) is 0 Å². The third-order valence-corrected chi connectivity index (χ3v) is 4.78. The van der Waals surface area contributed by atoms with Crippen molar-refractivity contribution < 1.29 is 0 Å². The van der Waals surface area contributed by atoms with E-state index in [-0.39, 0.29) is 0 Å². The second kappa shape index (κ2) is 3.59. The van der Waals surface area contributed by atoms with E-state index in [1.54, 1.807) is 0 Å². The first-order valence-electron chi connectivity index (χ1n) is 5.15. The van der Waals surface area contributed by atoms with Gasteiger partial charge in [-0.3, -0.25) is 0 Å². The molecule has 1 saturated carbocycles. The van der Waals surface area contributed by atoms with Crippen molar-refractivity contribution in [3.63, 3.8) is 0 Å². The van der Waals surface area contributed by atoms with Gasteiger partial charge in [0.1, 0.15) is 0 Å². The average Bonchev–Trinajstić information content (AvgIpc) is 2.88. The Bertz CT molecular complexity index is 148. The summed E-state index contributed by atoms with van der Waals surface area (Å²) in [5, 5.41) is 0. The molecule has 1 atom stereocenters. The molecule has 2 rings (SSSR count). The van der Waals surface area contributed by atoms with E-state index in [0.717, 1.165) is 17.9 Å². The van der Waals surface area contributed by atoms with Crippen LogP contribution in [0.3, 0.4) is 0 Å². The van der Waals surface area contributed by atoms with Gasteiger partial charge in [0.15, 0.2) is 0 Å². The Labute approximate surface area is 79.5 Å². The van der Waals surface area contributed by atoms with Crippen molar-refractivity contribution in [2.24, 2.45) is 17.1 Å². The summed E-state index contributed by atoms with van der Waals surface area (Å²) in [7, 11) is 0. The molecule has 70 valence electrons. The third kappa shape index (κ3) is 1.64. The number of nitrogens with two attached hydrogens (primary N) is 1. The van der Waals surface area contributed by atoms with Crippen LogP contribution in [0.5, 0.6) is 0 Å². The van der Waals surface area contributed by atoms with Crippen molar-refractivity contribution in [3.05, 3.63) is 0 Å². The van der Waals surface area contributed by atoms with Crippen molar-refractivity contribution in [2.45, 2.75) is 32.1 Å². The maximum atomic E-state index is 5.65. The first kappa shape index (κ1) is 8.89. The molecule has 0 bridgehead atoms. The first-order chi connectivity index (χ1) is 5.87. The topological polar surface area (TPSA) is 26.0 Å². The van der Waals surface area contributed by atoms with Gasteiger partial charge >= 0.3 is 0 Å². The lowest BCUT2D eigenvalue weighted by Crippen LogP contribution is -2.24. The smallest absolute Gasteiger partial charge is 0.00338 e. The zero-order valence-electron chi connectivity index (χ0n) is 7.72. The van der Waals surface area contributed by atoms with Gasteiger partial charge in [0, 0.05) is 0 Å². The van der Waals surface area contributed by atoms with Crippen LogP contribution < -0.4 is 5.73 Å². The summed E-state index contributed by atoms with van der Waals surface area (Å²) in [5.74, 6) is 3.83. The van der Waals surface area contributed by atoms with Crippen molar-refractivity contribution in [1.82, 2.24) is 0 Å². The fourth-order valence-electron chi connectivity index (χ4n) is 2.53. The molecular weight excluding hydrogens is 166 g/mol. The summed E-state index contributed by atoms with van der Waals surface area (Å²) in [6.07, 6.45) is 7.15. The van der Waals surface area contributed by atoms with Crippen LogP contribution in [0.15, 0.2) is 0 Å². The van der Waals surface area contributed by atoms with Crippen LogP contribution in [0.1, 0.15) is 32.1 Å². The average molecular weight is 185 g/mol. The van der Waals surface area contributed by atoms with Gasteiger partial charge in [-0.05, 0) is 61.5 Å². The van der Waals surface area contributed by atoms with Crippen LogP contribution in [0.2, 0.25) is 0 Å². The first-order valence-corrected chi connectivity index (χ1v) is 6.31. The summed E-state index contributed by atoms with van der Waals surface area (Å²) in [6, 6.07) is 0. The standard InChI is InChI=1S/C10H19NS/c11-6-5-10(3-4-10)9-2-1-7-12-8-9/h9H,1-8,11H2. The molecule has 1 unspecified atom stereocenters. The van der Waals surface area contributed by atoms with E-state index < -0.39 is 0 Å². The van der Waals surface area contributed by atoms with E-state index in [9.17, 15) is 0 Å². The van der Waals surface area contributed by atoms with Crippen LogP contribution in [-0.4, -0.2) is 18.1 Å². The Morgan fingerprint density at radius 2 is 2.25 bits per heavy atom. The molecule has 0 aromatic heterocycles. The molecule has 2 fully saturated rings. The fraction of sp³-hybridized carbons (Fsp3) is 1.00. The summed E-state index contributed by atoms with van der Waals surface area (Å²) >= 11 is 2.15. The Morgan fingerprint density at radius 1 is 1.42 bits per heavy atom. The highest BCUT2D eigenvalue weighted by atomic mass is 32.2. The van der Waals surface area contributed by atoms with E-state index in [1.165, 1.54) is 43.6 Å². The Balaban J connectivity index is 1.88. The quantitative estimate of drug-likeness (QED) is 0.730. The van der Waals surface area contributed by atoms with Gasteiger partial charge in [0.05, 0.1) is 0 Å². The molecule has 1 heterocycles. The highest BCUT2D eigenvalue weighted by Gasteiger charge is 2.48. The van der Waals surface area contributed by atoms with E-state index in [1.807, 2.05) is 0 Å². The highest BCUT2D eigenvalue weighted by molar-refractivity contribution is 7.99. The number of hydrogen-bond donors (Lipinski definition) is 1. The molecular formula is C10H19NS. The van der Waals surface area contributed by atoms with Crippen LogP contribution in [0.25, 0.3) is 0 Å². The molecule has 1 aliphatic carbocycles. The lowest BCUT2D eigenvalue weighted by molar-refractivity contribution is 0.296. The molecule has 0 aromatic rings. The number of hydrogen-bond acceptors (Lipinski definition) is 2.